The number of aromatic nitrogens is 2. The number of nitrogens with one attached hydrogen (secondary N) is 2. The molecule has 2 heterocycles. The van der Waals surface area contributed by atoms with E-state index in [2.05, 4.69) is 15.3 Å². The van der Waals surface area contributed by atoms with Crippen molar-refractivity contribution in [2.45, 2.75) is 50.6 Å². The molecule has 0 bridgehead atoms. The van der Waals surface area contributed by atoms with Crippen LogP contribution in [0.4, 0.5) is 5.69 Å². The third-order valence-corrected chi connectivity index (χ3v) is 7.09. The van der Waals surface area contributed by atoms with Crippen LogP contribution in [0.5, 0.6) is 5.75 Å². The Morgan fingerprint density at radius 1 is 1.05 bits per heavy atom. The zero-order chi connectivity index (χ0) is 25.6. The van der Waals surface area contributed by atoms with Gasteiger partial charge in [0.1, 0.15) is 11.8 Å². The van der Waals surface area contributed by atoms with Gasteiger partial charge in [-0.25, -0.2) is 0 Å². The van der Waals surface area contributed by atoms with Crippen molar-refractivity contribution < 1.29 is 14.3 Å². The molecule has 1 aliphatic rings. The minimum absolute atomic E-state index is 0.101. The number of carbonyl (C=O) groups excluding carboxylic acids is 2. The molecule has 7 nitrogen and oxygen atoms in total. The fraction of sp³-hybridized carbons (Fsp3) is 0.300. The second-order valence-corrected chi connectivity index (χ2v) is 9.50. The molecule has 1 aliphatic carbocycles. The zero-order valence-electron chi connectivity index (χ0n) is 21.0. The van der Waals surface area contributed by atoms with Crippen LogP contribution in [0.2, 0.25) is 0 Å². The highest BCUT2D eigenvalue weighted by atomic mass is 16.5. The molecule has 0 spiro atoms. The molecular weight excluding hydrogens is 464 g/mol. The fourth-order valence-corrected chi connectivity index (χ4v) is 5.25. The first-order chi connectivity index (χ1) is 18.2. The summed E-state index contributed by atoms with van der Waals surface area (Å²) in [6.45, 7) is 0. The van der Waals surface area contributed by atoms with E-state index in [4.69, 9.17) is 4.74 Å². The van der Waals surface area contributed by atoms with Crippen molar-refractivity contribution in [3.05, 3.63) is 90.4 Å². The van der Waals surface area contributed by atoms with Gasteiger partial charge in [0.15, 0.2) is 0 Å². The Labute approximate surface area is 216 Å². The number of benzene rings is 2. The minimum atomic E-state index is -0.898. The van der Waals surface area contributed by atoms with Crippen LogP contribution in [-0.2, 0) is 16.0 Å². The average Bonchev–Trinajstić information content (AvgIpc) is 3.35. The molecule has 1 atom stereocenters. The second kappa shape index (κ2) is 11.3. The fourth-order valence-electron chi connectivity index (χ4n) is 5.25. The van der Waals surface area contributed by atoms with E-state index in [1.807, 2.05) is 54.7 Å². The van der Waals surface area contributed by atoms with Crippen molar-refractivity contribution in [3.63, 3.8) is 0 Å². The summed E-state index contributed by atoms with van der Waals surface area (Å²) in [5.74, 6) is 0.106. The van der Waals surface area contributed by atoms with Gasteiger partial charge in [-0.15, -0.1) is 0 Å². The average molecular weight is 497 g/mol. The SMILES string of the molecule is COc1ccccc1N(C(=O)Cc1c[nH]c2ccccc12)[C@@H](C(=O)NC1CCCCC1)c1cccnc1. The summed E-state index contributed by atoms with van der Waals surface area (Å²) in [5, 5.41) is 4.23. The lowest BCUT2D eigenvalue weighted by Gasteiger charge is -2.34. The van der Waals surface area contributed by atoms with Gasteiger partial charge in [0.05, 0.1) is 19.2 Å². The number of anilines is 1. The number of pyridine rings is 1. The van der Waals surface area contributed by atoms with Crippen LogP contribution >= 0.6 is 0 Å². The summed E-state index contributed by atoms with van der Waals surface area (Å²) in [7, 11) is 1.57. The third kappa shape index (κ3) is 5.35. The van der Waals surface area contributed by atoms with Crippen molar-refractivity contribution in [2.24, 2.45) is 0 Å². The maximum absolute atomic E-state index is 14.2. The van der Waals surface area contributed by atoms with Gasteiger partial charge in [-0.05, 0) is 42.7 Å². The molecule has 5 rings (SSSR count). The summed E-state index contributed by atoms with van der Waals surface area (Å²) in [5.41, 5.74) is 3.03. The van der Waals surface area contributed by atoms with Gasteiger partial charge in [0, 0.05) is 41.1 Å². The van der Waals surface area contributed by atoms with Crippen molar-refractivity contribution >= 4 is 28.4 Å². The van der Waals surface area contributed by atoms with Crippen LogP contribution in [0.25, 0.3) is 10.9 Å². The lowest BCUT2D eigenvalue weighted by atomic mass is 9.94. The lowest BCUT2D eigenvalue weighted by Crippen LogP contribution is -2.47. The first kappa shape index (κ1) is 24.6. The normalized spacial score (nSPS) is 14.7. The number of aromatic amines is 1. The molecule has 37 heavy (non-hydrogen) atoms. The number of hydrogen-bond donors (Lipinski definition) is 2. The largest absolute Gasteiger partial charge is 0.495 e. The van der Waals surface area contributed by atoms with Gasteiger partial charge >= 0.3 is 0 Å². The highest BCUT2D eigenvalue weighted by Crippen LogP contribution is 2.36. The number of amides is 2. The van der Waals surface area contributed by atoms with Gasteiger partial charge in [-0.1, -0.05) is 55.7 Å². The van der Waals surface area contributed by atoms with E-state index in [1.165, 1.54) is 6.42 Å². The quantitative estimate of drug-likeness (QED) is 0.345. The maximum Gasteiger partial charge on any atom is 0.248 e. The molecule has 2 aromatic heterocycles. The molecule has 2 amide bonds. The standard InChI is InChI=1S/C30H32N4O3/c1-37-27-16-8-7-15-26(27)34(28(35)18-22-20-32-25-14-6-5-13-24(22)25)29(21-10-9-17-31-19-21)30(36)33-23-11-3-2-4-12-23/h5-10,13-17,19-20,23,29,32H,2-4,11-12,18H2,1H3,(H,33,36)/t29-/m1/s1. The van der Waals surface area contributed by atoms with E-state index in [0.717, 1.165) is 42.1 Å². The molecular formula is C30H32N4O3. The molecule has 1 saturated carbocycles. The molecule has 2 aromatic carbocycles. The molecule has 7 heteroatoms. The molecule has 0 saturated heterocycles. The Bertz CT molecular complexity index is 1360. The smallest absolute Gasteiger partial charge is 0.248 e. The van der Waals surface area contributed by atoms with Gasteiger partial charge in [-0.3, -0.25) is 19.5 Å². The second-order valence-electron chi connectivity index (χ2n) is 9.50. The Hall–Kier alpha value is -4.13. The first-order valence-electron chi connectivity index (χ1n) is 12.9. The van der Waals surface area contributed by atoms with Crippen LogP contribution in [0.3, 0.4) is 0 Å². The van der Waals surface area contributed by atoms with Gasteiger partial charge in [0.2, 0.25) is 11.8 Å². The third-order valence-electron chi connectivity index (χ3n) is 7.09. The summed E-state index contributed by atoms with van der Waals surface area (Å²) < 4.78 is 5.65. The summed E-state index contributed by atoms with van der Waals surface area (Å²) >= 11 is 0. The highest BCUT2D eigenvalue weighted by Gasteiger charge is 2.35. The first-order valence-corrected chi connectivity index (χ1v) is 12.9. The van der Waals surface area contributed by atoms with Crippen molar-refractivity contribution in [3.8, 4) is 5.75 Å². The number of rotatable bonds is 8. The topological polar surface area (TPSA) is 87.3 Å². The minimum Gasteiger partial charge on any atom is -0.495 e. The van der Waals surface area contributed by atoms with Crippen LogP contribution in [0.1, 0.15) is 49.3 Å². The van der Waals surface area contributed by atoms with E-state index >= 15 is 0 Å². The number of hydrogen-bond acceptors (Lipinski definition) is 4. The molecule has 0 radical (unpaired) electrons. The van der Waals surface area contributed by atoms with E-state index in [1.54, 1.807) is 36.5 Å². The number of carbonyl (C=O) groups is 2. The lowest BCUT2D eigenvalue weighted by molar-refractivity contribution is -0.127. The number of fused-ring (bicyclic) bond motifs is 1. The zero-order valence-corrected chi connectivity index (χ0v) is 21.0. The molecule has 0 aliphatic heterocycles. The Kier molecular flexibility index (Phi) is 7.49. The number of nitrogens with zero attached hydrogens (tertiary/aromatic N) is 2. The van der Waals surface area contributed by atoms with Crippen molar-refractivity contribution in [1.82, 2.24) is 15.3 Å². The predicted octanol–water partition coefficient (Wildman–Crippen LogP) is 5.34. The van der Waals surface area contributed by atoms with Crippen molar-refractivity contribution in [2.75, 3.05) is 12.0 Å². The number of H-pyrrole nitrogens is 1. The van der Waals surface area contributed by atoms with Crippen LogP contribution in [0, 0.1) is 0 Å². The van der Waals surface area contributed by atoms with Crippen LogP contribution in [0.15, 0.2) is 79.3 Å². The molecule has 1 fully saturated rings. The van der Waals surface area contributed by atoms with E-state index in [0.29, 0.717) is 17.0 Å². The van der Waals surface area contributed by atoms with E-state index in [-0.39, 0.29) is 24.3 Å². The van der Waals surface area contributed by atoms with Crippen molar-refractivity contribution in [1.29, 1.82) is 0 Å². The van der Waals surface area contributed by atoms with Gasteiger partial charge < -0.3 is 15.0 Å². The Morgan fingerprint density at radius 2 is 1.84 bits per heavy atom. The monoisotopic (exact) mass is 496 g/mol. The summed E-state index contributed by atoms with van der Waals surface area (Å²) in [4.78, 5) is 37.3. The Balaban J connectivity index is 1.57. The predicted molar refractivity (Wildman–Crippen MR) is 144 cm³/mol. The summed E-state index contributed by atoms with van der Waals surface area (Å²) in [6.07, 6.45) is 10.6. The summed E-state index contributed by atoms with van der Waals surface area (Å²) in [6, 6.07) is 18.1. The Morgan fingerprint density at radius 3 is 2.62 bits per heavy atom. The van der Waals surface area contributed by atoms with E-state index < -0.39 is 6.04 Å². The highest BCUT2D eigenvalue weighted by molar-refractivity contribution is 6.04. The molecule has 4 aromatic rings. The number of para-hydroxylation sites is 3. The molecule has 2 N–H and O–H groups in total. The maximum atomic E-state index is 14.2. The van der Waals surface area contributed by atoms with Gasteiger partial charge in [-0.2, -0.15) is 0 Å². The number of methoxy groups -OCH3 is 1. The van der Waals surface area contributed by atoms with Crippen LogP contribution < -0.4 is 15.0 Å². The number of ether oxygens (including phenoxy) is 1. The van der Waals surface area contributed by atoms with Gasteiger partial charge in [0.25, 0.3) is 0 Å². The van der Waals surface area contributed by atoms with E-state index in [9.17, 15) is 9.59 Å². The molecule has 0 unspecified atom stereocenters. The van der Waals surface area contributed by atoms with Crippen LogP contribution in [-0.4, -0.2) is 34.9 Å². The molecule has 190 valence electrons.